The van der Waals surface area contributed by atoms with Gasteiger partial charge in [-0.1, -0.05) is 80.3 Å². The van der Waals surface area contributed by atoms with E-state index >= 15 is 0 Å². The molecule has 0 saturated carbocycles. The summed E-state index contributed by atoms with van der Waals surface area (Å²) in [5.74, 6) is -1.72. The van der Waals surface area contributed by atoms with Gasteiger partial charge in [-0.2, -0.15) is 0 Å². The minimum atomic E-state index is -0.919. The second-order valence-electron chi connectivity index (χ2n) is 9.78. The molecule has 4 aromatic rings. The Morgan fingerprint density at radius 1 is 1.11 bits per heavy atom. The normalized spacial score (nSPS) is 15.9. The summed E-state index contributed by atoms with van der Waals surface area (Å²) in [4.78, 5) is 28.0. The van der Waals surface area contributed by atoms with Crippen LogP contribution in [0.2, 0.25) is 0 Å². The van der Waals surface area contributed by atoms with Gasteiger partial charge in [-0.3, -0.25) is 14.5 Å². The zero-order chi connectivity index (χ0) is 27.0. The molecule has 0 saturated heterocycles. The molecule has 1 unspecified atom stereocenters. The molecule has 10 heteroatoms. The number of anilines is 1. The van der Waals surface area contributed by atoms with Crippen molar-refractivity contribution < 1.29 is 23.5 Å². The van der Waals surface area contributed by atoms with Gasteiger partial charge in [-0.25, -0.2) is 4.39 Å². The summed E-state index contributed by atoms with van der Waals surface area (Å²) in [6.07, 6.45) is 1.36. The number of ketones is 1. The van der Waals surface area contributed by atoms with Crippen molar-refractivity contribution in [1.82, 2.24) is 10.2 Å². The molecule has 2 aromatic heterocycles. The van der Waals surface area contributed by atoms with Crippen molar-refractivity contribution in [2.45, 2.75) is 42.3 Å². The van der Waals surface area contributed by atoms with E-state index in [9.17, 15) is 19.1 Å². The van der Waals surface area contributed by atoms with Crippen molar-refractivity contribution in [3.8, 4) is 0 Å². The monoisotopic (exact) mass is 549 g/mol. The molecule has 0 spiro atoms. The van der Waals surface area contributed by atoms with Crippen molar-refractivity contribution >= 4 is 39.9 Å². The number of benzene rings is 2. The maximum atomic E-state index is 13.4. The first-order valence-corrected chi connectivity index (χ1v) is 13.6. The Labute approximate surface area is 227 Å². The smallest absolute Gasteiger partial charge is 0.296 e. The second kappa shape index (κ2) is 10.2. The first-order chi connectivity index (χ1) is 18.1. The van der Waals surface area contributed by atoms with Gasteiger partial charge in [-0.15, -0.1) is 10.2 Å². The van der Waals surface area contributed by atoms with Crippen molar-refractivity contribution in [1.29, 1.82) is 0 Å². The maximum Gasteiger partial charge on any atom is 0.296 e. The molecule has 1 aliphatic heterocycles. The molecule has 0 aliphatic carbocycles. The van der Waals surface area contributed by atoms with Crippen LogP contribution in [-0.4, -0.2) is 27.0 Å². The molecule has 0 radical (unpaired) electrons. The number of aromatic nitrogens is 2. The molecule has 1 atom stereocenters. The number of nitrogens with zero attached hydrogens (tertiary/aromatic N) is 3. The van der Waals surface area contributed by atoms with Gasteiger partial charge in [0.15, 0.2) is 15.9 Å². The number of aliphatic hydroxyl groups excluding tert-OH is 1. The third-order valence-electron chi connectivity index (χ3n) is 6.17. The first kappa shape index (κ1) is 25.9. The molecular formula is C28H24FN3O4S2. The minimum Gasteiger partial charge on any atom is -0.503 e. The van der Waals surface area contributed by atoms with Crippen LogP contribution >= 0.6 is 23.1 Å². The number of carbonyl (C=O) groups excluding carboxylic acids is 2. The Balaban J connectivity index is 1.49. The molecule has 38 heavy (non-hydrogen) atoms. The zero-order valence-electron chi connectivity index (χ0n) is 20.8. The van der Waals surface area contributed by atoms with Crippen LogP contribution in [0.1, 0.15) is 54.1 Å². The summed E-state index contributed by atoms with van der Waals surface area (Å²) in [7, 11) is 0. The van der Waals surface area contributed by atoms with E-state index in [0.717, 1.165) is 11.1 Å². The van der Waals surface area contributed by atoms with Crippen molar-refractivity contribution in [3.63, 3.8) is 0 Å². The largest absolute Gasteiger partial charge is 0.503 e. The summed E-state index contributed by atoms with van der Waals surface area (Å²) < 4.78 is 19.1. The van der Waals surface area contributed by atoms with E-state index in [2.05, 4.69) is 31.0 Å². The Morgan fingerprint density at radius 3 is 2.45 bits per heavy atom. The number of aliphatic hydroxyl groups is 1. The Bertz CT molecular complexity index is 1500. The van der Waals surface area contributed by atoms with E-state index < -0.39 is 23.5 Å². The van der Waals surface area contributed by atoms with Crippen LogP contribution in [0.3, 0.4) is 0 Å². The number of halogens is 1. The fourth-order valence-electron chi connectivity index (χ4n) is 4.14. The molecular weight excluding hydrogens is 525 g/mol. The van der Waals surface area contributed by atoms with Crippen LogP contribution in [0, 0.1) is 5.82 Å². The predicted molar refractivity (Wildman–Crippen MR) is 144 cm³/mol. The van der Waals surface area contributed by atoms with E-state index in [1.54, 1.807) is 18.2 Å². The molecule has 1 amide bonds. The molecule has 194 valence electrons. The molecule has 2 aromatic carbocycles. The first-order valence-electron chi connectivity index (χ1n) is 11.8. The van der Waals surface area contributed by atoms with Crippen molar-refractivity contribution in [3.05, 3.63) is 107 Å². The third-order valence-corrected chi connectivity index (χ3v) is 8.29. The van der Waals surface area contributed by atoms with Crippen molar-refractivity contribution in [2.75, 3.05) is 4.90 Å². The summed E-state index contributed by atoms with van der Waals surface area (Å²) >= 11 is 2.57. The SMILES string of the molecule is CC(C)(C)c1ccc(C2C(C(=O)c3ccco3)=C(O)C(=O)N2c2nnc(SCc3ccc(F)cc3)s2)cc1. The number of hydrogen-bond acceptors (Lipinski definition) is 8. The average molecular weight is 550 g/mol. The highest BCUT2D eigenvalue weighted by Crippen LogP contribution is 2.44. The quantitative estimate of drug-likeness (QED) is 0.157. The van der Waals surface area contributed by atoms with Crippen LogP contribution in [0.4, 0.5) is 9.52 Å². The van der Waals surface area contributed by atoms with Gasteiger partial charge in [-0.05, 0) is 46.4 Å². The van der Waals surface area contributed by atoms with Gasteiger partial charge in [0.2, 0.25) is 10.9 Å². The molecule has 7 nitrogen and oxygen atoms in total. The van der Waals surface area contributed by atoms with Gasteiger partial charge < -0.3 is 9.52 Å². The van der Waals surface area contributed by atoms with Gasteiger partial charge in [0.1, 0.15) is 5.82 Å². The number of hydrogen-bond donors (Lipinski definition) is 1. The number of thioether (sulfide) groups is 1. The molecule has 1 N–H and O–H groups in total. The lowest BCUT2D eigenvalue weighted by molar-refractivity contribution is -0.117. The average Bonchev–Trinajstić information content (AvgIpc) is 3.64. The number of carbonyl (C=O) groups is 2. The van der Waals surface area contributed by atoms with Crippen LogP contribution in [-0.2, 0) is 16.0 Å². The molecule has 1 aliphatic rings. The number of furan rings is 1. The van der Waals surface area contributed by atoms with E-state index in [1.807, 2.05) is 24.3 Å². The van der Waals surface area contributed by atoms with Crippen molar-refractivity contribution in [2.24, 2.45) is 0 Å². The van der Waals surface area contributed by atoms with Gasteiger partial charge in [0, 0.05) is 5.75 Å². The number of amides is 1. The standard InChI is InChI=1S/C28H24FN3O4S2/c1-28(2,3)18-10-8-17(9-11-18)22-21(23(33)20-5-4-14-36-20)24(34)25(35)32(22)26-30-31-27(38-26)37-15-16-6-12-19(29)13-7-16/h4-14,22,34H,15H2,1-3H3. The van der Waals surface area contributed by atoms with Gasteiger partial charge >= 0.3 is 0 Å². The molecule has 5 rings (SSSR count). The lowest BCUT2D eigenvalue weighted by atomic mass is 9.85. The van der Waals surface area contributed by atoms with Gasteiger partial charge in [0.05, 0.1) is 17.9 Å². The summed E-state index contributed by atoms with van der Waals surface area (Å²) in [6.45, 7) is 6.28. The van der Waals surface area contributed by atoms with E-state index in [4.69, 9.17) is 4.42 Å². The zero-order valence-corrected chi connectivity index (χ0v) is 22.5. The fraction of sp³-hybridized carbons (Fsp3) is 0.214. The Kier molecular flexibility index (Phi) is 6.93. The van der Waals surface area contributed by atoms with Crippen LogP contribution in [0.25, 0.3) is 0 Å². The third kappa shape index (κ3) is 5.01. The second-order valence-corrected chi connectivity index (χ2v) is 12.0. The molecule has 0 fully saturated rings. The summed E-state index contributed by atoms with van der Waals surface area (Å²) in [5, 5.41) is 19.6. The Hall–Kier alpha value is -3.76. The van der Waals surface area contributed by atoms with E-state index in [1.165, 1.54) is 52.5 Å². The Morgan fingerprint density at radius 2 is 1.82 bits per heavy atom. The van der Waals surface area contributed by atoms with Crippen LogP contribution in [0.15, 0.2) is 87.0 Å². The van der Waals surface area contributed by atoms with Gasteiger partial charge in [0.25, 0.3) is 5.91 Å². The lowest BCUT2D eigenvalue weighted by Crippen LogP contribution is -2.31. The fourth-order valence-corrected chi connectivity index (χ4v) is 5.96. The van der Waals surface area contributed by atoms with Crippen LogP contribution < -0.4 is 4.90 Å². The highest BCUT2D eigenvalue weighted by molar-refractivity contribution is 8.00. The maximum absolute atomic E-state index is 13.4. The lowest BCUT2D eigenvalue weighted by Gasteiger charge is -2.25. The summed E-state index contributed by atoms with van der Waals surface area (Å²) in [6, 6.07) is 15.9. The molecule has 3 heterocycles. The van der Waals surface area contributed by atoms with Crippen LogP contribution in [0.5, 0.6) is 0 Å². The number of rotatable bonds is 7. The molecule has 0 bridgehead atoms. The highest BCUT2D eigenvalue weighted by Gasteiger charge is 2.46. The predicted octanol–water partition coefficient (Wildman–Crippen LogP) is 6.64. The summed E-state index contributed by atoms with van der Waals surface area (Å²) in [5.41, 5.74) is 2.46. The van der Waals surface area contributed by atoms with E-state index in [-0.39, 0.29) is 27.7 Å². The highest BCUT2D eigenvalue weighted by atomic mass is 32.2. The van der Waals surface area contributed by atoms with E-state index in [0.29, 0.717) is 15.7 Å². The topological polar surface area (TPSA) is 96.5 Å². The number of Topliss-reactive ketones (excluding diaryl/α,β-unsaturated/α-hetero) is 1. The minimum absolute atomic E-state index is 0.0188.